The van der Waals surface area contributed by atoms with Gasteiger partial charge >= 0.3 is 0 Å². The third-order valence-electron chi connectivity index (χ3n) is 5.66. The zero-order valence-corrected chi connectivity index (χ0v) is 17.6. The van der Waals surface area contributed by atoms with Gasteiger partial charge in [-0.1, -0.05) is 35.9 Å². The lowest BCUT2D eigenvalue weighted by atomic mass is 9.97. The minimum atomic E-state index is -1.29. The van der Waals surface area contributed by atoms with Crippen LogP contribution in [0.1, 0.15) is 45.6 Å². The van der Waals surface area contributed by atoms with Crippen LogP contribution < -0.4 is 5.73 Å². The van der Waals surface area contributed by atoms with Gasteiger partial charge in [0.05, 0.1) is 11.6 Å². The Morgan fingerprint density at radius 3 is 2.53 bits per heavy atom. The molecule has 6 nitrogen and oxygen atoms in total. The summed E-state index contributed by atoms with van der Waals surface area (Å²) < 4.78 is 14.6. The van der Waals surface area contributed by atoms with Crippen LogP contribution >= 0.6 is 11.6 Å². The van der Waals surface area contributed by atoms with E-state index in [1.54, 1.807) is 24.3 Å². The van der Waals surface area contributed by atoms with E-state index in [4.69, 9.17) is 17.3 Å². The summed E-state index contributed by atoms with van der Waals surface area (Å²) in [7, 11) is 0. The number of benzene rings is 3. The predicted molar refractivity (Wildman–Crippen MR) is 117 cm³/mol. The molecule has 32 heavy (non-hydrogen) atoms. The lowest BCUT2D eigenvalue weighted by Crippen LogP contribution is -2.43. The molecule has 4 N–H and O–H groups in total. The van der Waals surface area contributed by atoms with Gasteiger partial charge in [0.15, 0.2) is 0 Å². The molecule has 2 atom stereocenters. The Morgan fingerprint density at radius 2 is 1.84 bits per heavy atom. The summed E-state index contributed by atoms with van der Waals surface area (Å²) in [5.41, 5.74) is 6.89. The van der Waals surface area contributed by atoms with Crippen molar-refractivity contribution in [3.8, 4) is 11.5 Å². The standard InChI is InChI=1S/C24H20ClFN2O4/c25-14-11-18-16(19(26)12-14)8-9-20(18)28(24(32)17-6-1-2-7-21(17)30)22(23(27)31)13-4-3-5-15(29)10-13/h1-7,10-12,20,22,29-30H,8-9H2,(H2,27,31)/t20-,22-/m1/s1. The number of para-hydroxylation sites is 1. The molecule has 0 radical (unpaired) electrons. The van der Waals surface area contributed by atoms with Crippen LogP contribution in [0.25, 0.3) is 0 Å². The van der Waals surface area contributed by atoms with Crippen LogP contribution in [-0.4, -0.2) is 26.9 Å². The van der Waals surface area contributed by atoms with Crippen LogP contribution in [0.2, 0.25) is 5.02 Å². The second-order valence-electron chi connectivity index (χ2n) is 7.64. The average molecular weight is 455 g/mol. The summed E-state index contributed by atoms with van der Waals surface area (Å²) in [5.74, 6) is -2.36. The number of fused-ring (bicyclic) bond motifs is 1. The monoisotopic (exact) mass is 454 g/mol. The molecular weight excluding hydrogens is 435 g/mol. The number of nitrogens with zero attached hydrogens (tertiary/aromatic N) is 1. The van der Waals surface area contributed by atoms with Crippen molar-refractivity contribution >= 4 is 23.4 Å². The maximum absolute atomic E-state index is 14.6. The number of phenolic OH excluding ortho intramolecular Hbond substituents is 2. The lowest BCUT2D eigenvalue weighted by molar-refractivity contribution is -0.123. The minimum Gasteiger partial charge on any atom is -0.508 e. The number of nitrogens with two attached hydrogens (primary N) is 1. The van der Waals surface area contributed by atoms with E-state index in [1.807, 2.05) is 0 Å². The highest BCUT2D eigenvalue weighted by Gasteiger charge is 2.41. The number of hydrogen-bond donors (Lipinski definition) is 3. The van der Waals surface area contributed by atoms with Crippen LogP contribution in [0.5, 0.6) is 11.5 Å². The number of phenols is 2. The molecule has 164 valence electrons. The quantitative estimate of drug-likeness (QED) is 0.536. The van der Waals surface area contributed by atoms with E-state index in [1.165, 1.54) is 41.3 Å². The number of aromatic hydroxyl groups is 2. The van der Waals surface area contributed by atoms with E-state index in [9.17, 15) is 24.2 Å². The Hall–Kier alpha value is -3.58. The fourth-order valence-electron chi connectivity index (χ4n) is 4.30. The van der Waals surface area contributed by atoms with Gasteiger partial charge in [-0.2, -0.15) is 0 Å². The third-order valence-corrected chi connectivity index (χ3v) is 5.88. The van der Waals surface area contributed by atoms with E-state index in [0.717, 1.165) is 0 Å². The van der Waals surface area contributed by atoms with Crippen molar-refractivity contribution < 1.29 is 24.2 Å². The number of primary amides is 1. The molecule has 0 saturated carbocycles. The van der Waals surface area contributed by atoms with Crippen molar-refractivity contribution in [3.05, 3.63) is 93.8 Å². The Kier molecular flexibility index (Phi) is 5.76. The van der Waals surface area contributed by atoms with Gasteiger partial charge < -0.3 is 20.8 Å². The largest absolute Gasteiger partial charge is 0.508 e. The molecule has 0 aromatic heterocycles. The first-order chi connectivity index (χ1) is 15.3. The van der Waals surface area contributed by atoms with E-state index in [-0.39, 0.29) is 27.6 Å². The number of carbonyl (C=O) groups excluding carboxylic acids is 2. The normalized spacial score (nSPS) is 15.8. The Morgan fingerprint density at radius 1 is 1.09 bits per heavy atom. The molecule has 3 aromatic carbocycles. The first-order valence-electron chi connectivity index (χ1n) is 9.94. The molecule has 8 heteroatoms. The van der Waals surface area contributed by atoms with Crippen LogP contribution in [0.3, 0.4) is 0 Å². The second-order valence-corrected chi connectivity index (χ2v) is 8.08. The van der Waals surface area contributed by atoms with Gasteiger partial charge in [0, 0.05) is 5.02 Å². The van der Waals surface area contributed by atoms with E-state index in [2.05, 4.69) is 0 Å². The van der Waals surface area contributed by atoms with Gasteiger partial charge in [-0.05, 0) is 65.9 Å². The van der Waals surface area contributed by atoms with Crippen LogP contribution in [0.4, 0.5) is 4.39 Å². The highest BCUT2D eigenvalue weighted by molar-refractivity contribution is 6.30. The van der Waals surface area contributed by atoms with E-state index >= 15 is 0 Å². The maximum atomic E-state index is 14.6. The fourth-order valence-corrected chi connectivity index (χ4v) is 4.51. The summed E-state index contributed by atoms with van der Waals surface area (Å²) in [6.45, 7) is 0. The van der Waals surface area contributed by atoms with E-state index in [0.29, 0.717) is 24.0 Å². The smallest absolute Gasteiger partial charge is 0.259 e. The summed E-state index contributed by atoms with van der Waals surface area (Å²) in [5, 5.41) is 20.4. The summed E-state index contributed by atoms with van der Waals surface area (Å²) in [4.78, 5) is 27.6. The van der Waals surface area contributed by atoms with Crippen molar-refractivity contribution in [3.63, 3.8) is 0 Å². The Labute approximate surface area is 188 Å². The first kappa shape index (κ1) is 21.6. The van der Waals surface area contributed by atoms with Crippen molar-refractivity contribution in [2.75, 3.05) is 0 Å². The Bertz CT molecular complexity index is 1220. The third kappa shape index (κ3) is 3.87. The van der Waals surface area contributed by atoms with Crippen molar-refractivity contribution in [1.29, 1.82) is 0 Å². The van der Waals surface area contributed by atoms with Gasteiger partial charge in [-0.25, -0.2) is 4.39 Å². The number of hydrogen-bond acceptors (Lipinski definition) is 4. The predicted octanol–water partition coefficient (Wildman–Crippen LogP) is 4.25. The number of amides is 2. The minimum absolute atomic E-state index is 0.0325. The maximum Gasteiger partial charge on any atom is 0.259 e. The topological polar surface area (TPSA) is 104 Å². The van der Waals surface area contributed by atoms with Gasteiger partial charge in [0.1, 0.15) is 23.4 Å². The molecule has 0 unspecified atom stereocenters. The molecule has 3 aromatic rings. The zero-order chi connectivity index (χ0) is 23.0. The van der Waals surface area contributed by atoms with Crippen molar-refractivity contribution in [2.24, 2.45) is 5.73 Å². The molecule has 0 aliphatic heterocycles. The molecule has 2 amide bonds. The van der Waals surface area contributed by atoms with Gasteiger partial charge in [-0.3, -0.25) is 9.59 Å². The summed E-state index contributed by atoms with van der Waals surface area (Å²) in [6.07, 6.45) is 0.660. The van der Waals surface area contributed by atoms with Gasteiger partial charge in [-0.15, -0.1) is 0 Å². The summed E-state index contributed by atoms with van der Waals surface area (Å²) in [6, 6.07) is 12.6. The van der Waals surface area contributed by atoms with Crippen LogP contribution in [-0.2, 0) is 11.2 Å². The highest BCUT2D eigenvalue weighted by Crippen LogP contribution is 2.43. The number of halogens is 2. The van der Waals surface area contributed by atoms with Gasteiger partial charge in [0.25, 0.3) is 5.91 Å². The molecular formula is C24H20ClFN2O4. The molecule has 0 bridgehead atoms. The lowest BCUT2D eigenvalue weighted by Gasteiger charge is -2.36. The second kappa shape index (κ2) is 8.51. The van der Waals surface area contributed by atoms with Crippen molar-refractivity contribution in [2.45, 2.75) is 24.9 Å². The molecule has 0 spiro atoms. The molecule has 4 rings (SSSR count). The number of rotatable bonds is 5. The number of carbonyl (C=O) groups is 2. The molecule has 1 aliphatic carbocycles. The molecule has 0 heterocycles. The van der Waals surface area contributed by atoms with E-state index < -0.39 is 29.7 Å². The summed E-state index contributed by atoms with van der Waals surface area (Å²) >= 11 is 6.09. The zero-order valence-electron chi connectivity index (χ0n) is 16.8. The van der Waals surface area contributed by atoms with Crippen LogP contribution in [0, 0.1) is 5.82 Å². The SMILES string of the molecule is NC(=O)[C@@H](c1cccc(O)c1)N(C(=O)c1ccccc1O)[C@@H]1CCc2c(F)cc(Cl)cc21. The average Bonchev–Trinajstić information content (AvgIpc) is 3.15. The molecule has 0 fully saturated rings. The van der Waals surface area contributed by atoms with Crippen LogP contribution in [0.15, 0.2) is 60.7 Å². The van der Waals surface area contributed by atoms with Crippen molar-refractivity contribution in [1.82, 2.24) is 4.90 Å². The molecule has 1 aliphatic rings. The molecule has 0 saturated heterocycles. The highest BCUT2D eigenvalue weighted by atomic mass is 35.5. The first-order valence-corrected chi connectivity index (χ1v) is 10.3. The Balaban J connectivity index is 1.91. The fraction of sp³-hybridized carbons (Fsp3) is 0.167. The van der Waals surface area contributed by atoms with Gasteiger partial charge in [0.2, 0.25) is 5.91 Å².